The van der Waals surface area contributed by atoms with Gasteiger partial charge >= 0.3 is 5.97 Å². The van der Waals surface area contributed by atoms with Gasteiger partial charge in [-0.05, 0) is 23.8 Å². The molecule has 2 aromatic rings. The fourth-order valence-electron chi connectivity index (χ4n) is 2.43. The Morgan fingerprint density at radius 3 is 2.28 bits per heavy atom. The summed E-state index contributed by atoms with van der Waals surface area (Å²) in [6, 6.07) is 4.07. The van der Waals surface area contributed by atoms with Gasteiger partial charge < -0.3 is 15.4 Å². The fraction of sp³-hybridized carbons (Fsp3) is 0.167. The van der Waals surface area contributed by atoms with Gasteiger partial charge in [0.15, 0.2) is 11.6 Å². The molecule has 152 valence electrons. The van der Waals surface area contributed by atoms with Crippen LogP contribution in [-0.4, -0.2) is 36.9 Å². The zero-order valence-corrected chi connectivity index (χ0v) is 15.2. The number of nitrogens with zero attached hydrogens (tertiary/aromatic N) is 1. The molecule has 0 spiro atoms. The van der Waals surface area contributed by atoms with Crippen molar-refractivity contribution in [2.24, 2.45) is 0 Å². The van der Waals surface area contributed by atoms with Crippen molar-refractivity contribution in [3.05, 3.63) is 74.8 Å². The number of likely N-dealkylation sites (N-methyl/N-ethyl adjacent to an activating group) is 1. The van der Waals surface area contributed by atoms with Crippen molar-refractivity contribution in [1.82, 2.24) is 10.6 Å². The summed E-state index contributed by atoms with van der Waals surface area (Å²) in [4.78, 5) is 46.7. The lowest BCUT2D eigenvalue weighted by molar-refractivity contribution is -0.384. The van der Waals surface area contributed by atoms with E-state index in [4.69, 9.17) is 0 Å². The van der Waals surface area contributed by atoms with E-state index in [-0.39, 0.29) is 16.7 Å². The number of nitrogens with one attached hydrogen (secondary N) is 2. The van der Waals surface area contributed by atoms with Gasteiger partial charge in [-0.1, -0.05) is 6.07 Å². The predicted molar refractivity (Wildman–Crippen MR) is 95.1 cm³/mol. The van der Waals surface area contributed by atoms with Crippen LogP contribution >= 0.6 is 0 Å². The molecular weight excluding hydrogens is 392 g/mol. The van der Waals surface area contributed by atoms with Gasteiger partial charge in [0.25, 0.3) is 11.6 Å². The van der Waals surface area contributed by atoms with Gasteiger partial charge in [-0.2, -0.15) is 0 Å². The zero-order chi connectivity index (χ0) is 21.7. The third-order valence-corrected chi connectivity index (χ3v) is 3.87. The molecule has 11 heteroatoms. The first-order chi connectivity index (χ1) is 13.7. The largest absolute Gasteiger partial charge is 0.465 e. The highest BCUT2D eigenvalue weighted by atomic mass is 19.2. The molecule has 0 aliphatic heterocycles. The molecule has 0 fully saturated rings. The maximum Gasteiger partial charge on any atom is 0.338 e. The van der Waals surface area contributed by atoms with E-state index >= 15 is 0 Å². The van der Waals surface area contributed by atoms with Gasteiger partial charge in [-0.15, -0.1) is 0 Å². The second kappa shape index (κ2) is 8.87. The quantitative estimate of drug-likeness (QED) is 0.428. The SMILES string of the molecule is CNC(=O)C(NC(=O)c1cc(C(=O)OC)cc([N+](=O)[O-])c1)c1ccc(F)c(F)c1. The standard InChI is InChI=1S/C18H15F2N3O6/c1-21-17(25)15(9-3-4-13(19)14(20)8-9)22-16(24)10-5-11(18(26)29-2)7-12(6-10)23(27)28/h3-8,15H,1-2H3,(H,21,25)(H,22,24). The fourth-order valence-corrected chi connectivity index (χ4v) is 2.43. The van der Waals surface area contributed by atoms with Gasteiger partial charge in [0.05, 0.1) is 17.6 Å². The second-order valence-corrected chi connectivity index (χ2v) is 5.71. The molecular formula is C18H15F2N3O6. The zero-order valence-electron chi connectivity index (χ0n) is 15.2. The van der Waals surface area contributed by atoms with Crippen molar-refractivity contribution in [1.29, 1.82) is 0 Å². The number of non-ortho nitro benzene ring substituents is 1. The van der Waals surface area contributed by atoms with Crippen LogP contribution in [0.4, 0.5) is 14.5 Å². The number of nitro groups is 1. The molecule has 0 bridgehead atoms. The summed E-state index contributed by atoms with van der Waals surface area (Å²) in [6.45, 7) is 0. The van der Waals surface area contributed by atoms with E-state index in [2.05, 4.69) is 15.4 Å². The van der Waals surface area contributed by atoms with E-state index in [1.165, 1.54) is 7.05 Å². The monoisotopic (exact) mass is 407 g/mol. The third-order valence-electron chi connectivity index (χ3n) is 3.87. The number of benzene rings is 2. The van der Waals surface area contributed by atoms with Crippen molar-refractivity contribution < 1.29 is 32.8 Å². The maximum atomic E-state index is 13.5. The number of hydrogen-bond acceptors (Lipinski definition) is 6. The van der Waals surface area contributed by atoms with Crippen LogP contribution in [0.15, 0.2) is 36.4 Å². The van der Waals surface area contributed by atoms with Crippen LogP contribution in [0.1, 0.15) is 32.3 Å². The molecule has 0 aromatic heterocycles. The average molecular weight is 407 g/mol. The molecule has 1 atom stereocenters. The number of esters is 1. The number of nitro benzene ring substituents is 1. The Morgan fingerprint density at radius 1 is 1.07 bits per heavy atom. The van der Waals surface area contributed by atoms with Crippen molar-refractivity contribution in [2.75, 3.05) is 14.2 Å². The van der Waals surface area contributed by atoms with Gasteiger partial charge in [0, 0.05) is 24.7 Å². The Hall–Kier alpha value is -3.89. The van der Waals surface area contributed by atoms with E-state index in [1.54, 1.807) is 0 Å². The molecule has 0 heterocycles. The molecule has 2 N–H and O–H groups in total. The number of carbonyl (C=O) groups is 3. The Kier molecular flexibility index (Phi) is 6.55. The van der Waals surface area contributed by atoms with E-state index in [9.17, 15) is 33.3 Å². The first-order valence-electron chi connectivity index (χ1n) is 8.03. The molecule has 2 aromatic carbocycles. The van der Waals surface area contributed by atoms with Crippen LogP contribution in [-0.2, 0) is 9.53 Å². The smallest absolute Gasteiger partial charge is 0.338 e. The Labute approximate surface area is 162 Å². The molecule has 2 rings (SSSR count). The summed E-state index contributed by atoms with van der Waals surface area (Å²) in [7, 11) is 2.33. The van der Waals surface area contributed by atoms with Crippen LogP contribution in [0.2, 0.25) is 0 Å². The summed E-state index contributed by atoms with van der Waals surface area (Å²) in [5, 5.41) is 15.6. The number of hydrogen-bond donors (Lipinski definition) is 2. The van der Waals surface area contributed by atoms with Gasteiger partial charge in [-0.3, -0.25) is 19.7 Å². The van der Waals surface area contributed by atoms with Gasteiger partial charge in [0.2, 0.25) is 5.91 Å². The van der Waals surface area contributed by atoms with Crippen LogP contribution in [0, 0.1) is 21.7 Å². The van der Waals surface area contributed by atoms with E-state index < -0.39 is 46.1 Å². The molecule has 0 aliphatic rings. The van der Waals surface area contributed by atoms with Crippen molar-refractivity contribution in [2.45, 2.75) is 6.04 Å². The molecule has 29 heavy (non-hydrogen) atoms. The van der Waals surface area contributed by atoms with E-state index in [0.717, 1.165) is 43.5 Å². The first-order valence-corrected chi connectivity index (χ1v) is 8.03. The molecule has 0 saturated carbocycles. The predicted octanol–water partition coefficient (Wildman–Crippen LogP) is 1.88. The third kappa shape index (κ3) is 4.89. The second-order valence-electron chi connectivity index (χ2n) is 5.71. The number of methoxy groups -OCH3 is 1. The molecule has 0 radical (unpaired) electrons. The van der Waals surface area contributed by atoms with E-state index in [0.29, 0.717) is 0 Å². The highest BCUT2D eigenvalue weighted by Crippen LogP contribution is 2.21. The minimum Gasteiger partial charge on any atom is -0.465 e. The summed E-state index contributed by atoms with van der Waals surface area (Å²) in [5.41, 5.74) is -1.18. The molecule has 1 unspecified atom stereocenters. The van der Waals surface area contributed by atoms with Gasteiger partial charge in [-0.25, -0.2) is 13.6 Å². The van der Waals surface area contributed by atoms with Crippen LogP contribution in [0.3, 0.4) is 0 Å². The van der Waals surface area contributed by atoms with Gasteiger partial charge in [0.1, 0.15) is 6.04 Å². The number of amides is 2. The average Bonchev–Trinajstić information content (AvgIpc) is 2.72. The van der Waals surface area contributed by atoms with Crippen LogP contribution in [0.25, 0.3) is 0 Å². The number of rotatable bonds is 6. The molecule has 0 aliphatic carbocycles. The minimum absolute atomic E-state index is 0.0600. The highest BCUT2D eigenvalue weighted by molar-refractivity contribution is 6.01. The Morgan fingerprint density at radius 2 is 1.72 bits per heavy atom. The van der Waals surface area contributed by atoms with E-state index in [1.807, 2.05) is 0 Å². The lowest BCUT2D eigenvalue weighted by Crippen LogP contribution is -2.39. The Balaban J connectivity index is 2.44. The summed E-state index contributed by atoms with van der Waals surface area (Å²) < 4.78 is 31.2. The molecule has 9 nitrogen and oxygen atoms in total. The molecule has 2 amide bonds. The van der Waals surface area contributed by atoms with Crippen LogP contribution < -0.4 is 10.6 Å². The number of halogens is 2. The van der Waals surface area contributed by atoms with Crippen molar-refractivity contribution in [3.8, 4) is 0 Å². The lowest BCUT2D eigenvalue weighted by atomic mass is 10.0. The topological polar surface area (TPSA) is 128 Å². The highest BCUT2D eigenvalue weighted by Gasteiger charge is 2.25. The maximum absolute atomic E-state index is 13.5. The lowest BCUT2D eigenvalue weighted by Gasteiger charge is -2.18. The first kappa shape index (κ1) is 21.4. The number of ether oxygens (including phenoxy) is 1. The van der Waals surface area contributed by atoms with Crippen LogP contribution in [0.5, 0.6) is 0 Å². The minimum atomic E-state index is -1.43. The summed E-state index contributed by atoms with van der Waals surface area (Å²) in [5.74, 6) is -4.99. The summed E-state index contributed by atoms with van der Waals surface area (Å²) in [6.07, 6.45) is 0. The number of carbonyl (C=O) groups excluding carboxylic acids is 3. The summed E-state index contributed by atoms with van der Waals surface area (Å²) >= 11 is 0. The normalized spacial score (nSPS) is 11.3. The Bertz CT molecular complexity index is 996. The molecule has 0 saturated heterocycles. The van der Waals surface area contributed by atoms with Crippen molar-refractivity contribution >= 4 is 23.5 Å². The van der Waals surface area contributed by atoms with Crippen molar-refractivity contribution in [3.63, 3.8) is 0 Å².